The second-order valence-corrected chi connectivity index (χ2v) is 6.59. The van der Waals surface area contributed by atoms with Gasteiger partial charge >= 0.3 is 0 Å². The van der Waals surface area contributed by atoms with Crippen molar-refractivity contribution in [2.45, 2.75) is 19.4 Å². The Morgan fingerprint density at radius 1 is 1.33 bits per heavy atom. The summed E-state index contributed by atoms with van der Waals surface area (Å²) in [7, 11) is 0. The molecule has 122 valence electrons. The zero-order valence-corrected chi connectivity index (χ0v) is 13.1. The summed E-state index contributed by atoms with van der Waals surface area (Å²) in [6.45, 7) is 4.14. The van der Waals surface area contributed by atoms with Crippen molar-refractivity contribution in [1.82, 2.24) is 30.0 Å². The molecule has 5 rings (SSSR count). The predicted molar refractivity (Wildman–Crippen MR) is 84.5 cm³/mol. The minimum absolute atomic E-state index is 0.118. The third-order valence-corrected chi connectivity index (χ3v) is 5.11. The van der Waals surface area contributed by atoms with E-state index < -0.39 is 0 Å². The quantitative estimate of drug-likeness (QED) is 0.747. The molecule has 24 heavy (non-hydrogen) atoms. The summed E-state index contributed by atoms with van der Waals surface area (Å²) in [4.78, 5) is 25.5. The first-order valence-electron chi connectivity index (χ1n) is 8.05. The van der Waals surface area contributed by atoms with Crippen LogP contribution in [0.4, 0.5) is 0 Å². The Kier molecular flexibility index (Phi) is 2.84. The van der Waals surface area contributed by atoms with E-state index in [0.29, 0.717) is 34.5 Å². The average molecular weight is 324 g/mol. The molecule has 1 saturated heterocycles. The van der Waals surface area contributed by atoms with Crippen molar-refractivity contribution in [2.75, 3.05) is 13.1 Å². The monoisotopic (exact) mass is 324 g/mol. The second-order valence-electron chi connectivity index (χ2n) is 6.59. The molecule has 2 fully saturated rings. The maximum absolute atomic E-state index is 12.7. The summed E-state index contributed by atoms with van der Waals surface area (Å²) in [5, 5.41) is 8.04. The third kappa shape index (κ3) is 1.99. The van der Waals surface area contributed by atoms with Gasteiger partial charge in [0.05, 0.1) is 23.4 Å². The van der Waals surface area contributed by atoms with Gasteiger partial charge in [-0.1, -0.05) is 5.16 Å². The van der Waals surface area contributed by atoms with Crippen LogP contribution in [0.5, 0.6) is 0 Å². The van der Waals surface area contributed by atoms with E-state index in [1.54, 1.807) is 12.4 Å². The smallest absolute Gasteiger partial charge is 0.262 e. The molecule has 0 spiro atoms. The fourth-order valence-corrected chi connectivity index (χ4v) is 3.78. The minimum atomic E-state index is -0.118. The lowest BCUT2D eigenvalue weighted by Crippen LogP contribution is -2.22. The number of hydrogen-bond acceptors (Lipinski definition) is 7. The van der Waals surface area contributed by atoms with Gasteiger partial charge in [0.1, 0.15) is 6.54 Å². The topological polar surface area (TPSA) is 98.7 Å². The Hall–Kier alpha value is -2.61. The number of fused-ring (bicyclic) bond motifs is 2. The number of hydrogen-bond donors (Lipinski definition) is 1. The maximum atomic E-state index is 12.7. The Morgan fingerprint density at radius 3 is 3.00 bits per heavy atom. The molecule has 3 atom stereocenters. The third-order valence-electron chi connectivity index (χ3n) is 5.11. The highest BCUT2D eigenvalue weighted by molar-refractivity contribution is 5.79. The first kappa shape index (κ1) is 13.8. The van der Waals surface area contributed by atoms with Crippen molar-refractivity contribution in [2.24, 2.45) is 11.8 Å². The predicted octanol–water partition coefficient (Wildman–Crippen LogP) is 0.464. The highest BCUT2D eigenvalue weighted by atomic mass is 16.5. The van der Waals surface area contributed by atoms with E-state index in [2.05, 4.69) is 25.4 Å². The highest BCUT2D eigenvalue weighted by Crippen LogP contribution is 2.54. The van der Waals surface area contributed by atoms with Gasteiger partial charge in [0.25, 0.3) is 5.56 Å². The van der Waals surface area contributed by atoms with Gasteiger partial charge in [0.2, 0.25) is 5.89 Å². The first-order valence-corrected chi connectivity index (χ1v) is 8.05. The molecule has 3 aromatic rings. The molecule has 1 aliphatic heterocycles. The maximum Gasteiger partial charge on any atom is 0.262 e. The second kappa shape index (κ2) is 4.94. The lowest BCUT2D eigenvalue weighted by Gasteiger charge is -2.05. The molecule has 0 unspecified atom stereocenters. The molecular formula is C16H16N6O2. The Balaban J connectivity index is 1.45. The first-order chi connectivity index (χ1) is 11.7. The van der Waals surface area contributed by atoms with Crippen LogP contribution >= 0.6 is 0 Å². The van der Waals surface area contributed by atoms with Crippen LogP contribution in [0.2, 0.25) is 0 Å². The zero-order chi connectivity index (χ0) is 16.3. The Morgan fingerprint density at radius 2 is 2.17 bits per heavy atom. The SMILES string of the molecule is Cc1cncc2ncn(Cc3nc([C@H]4[C@@H]5CNC[C@@H]54)no3)c(=O)c12. The van der Waals surface area contributed by atoms with Crippen LogP contribution in [0.15, 0.2) is 28.0 Å². The number of rotatable bonds is 3. The molecule has 0 radical (unpaired) electrons. The van der Waals surface area contributed by atoms with Gasteiger partial charge < -0.3 is 9.84 Å². The standard InChI is InChI=1S/C16H16N6O2/c1-8-2-17-5-11-13(8)16(23)22(7-19-11)6-12-20-15(21-24-12)14-9-3-18-4-10(9)14/h2,5,7,9-10,14,18H,3-4,6H2,1H3/t9-,10+,14+. The summed E-state index contributed by atoms with van der Waals surface area (Å²) >= 11 is 0. The van der Waals surface area contributed by atoms with E-state index in [1.165, 1.54) is 10.9 Å². The Bertz CT molecular complexity index is 984. The van der Waals surface area contributed by atoms with Gasteiger partial charge in [0, 0.05) is 12.1 Å². The van der Waals surface area contributed by atoms with Gasteiger partial charge in [-0.3, -0.25) is 14.3 Å². The van der Waals surface area contributed by atoms with Crippen molar-refractivity contribution in [3.05, 3.63) is 46.4 Å². The normalized spacial score (nSPS) is 25.1. The van der Waals surface area contributed by atoms with Crippen molar-refractivity contribution >= 4 is 10.9 Å². The molecule has 8 heteroatoms. The van der Waals surface area contributed by atoms with E-state index in [1.807, 2.05) is 6.92 Å². The van der Waals surface area contributed by atoms with Crippen molar-refractivity contribution in [1.29, 1.82) is 0 Å². The van der Waals surface area contributed by atoms with E-state index in [4.69, 9.17) is 4.52 Å². The lowest BCUT2D eigenvalue weighted by molar-refractivity contribution is 0.363. The molecule has 0 aromatic carbocycles. The van der Waals surface area contributed by atoms with Gasteiger partial charge in [0.15, 0.2) is 5.82 Å². The Labute approximate surface area is 136 Å². The number of piperidine rings is 1. The van der Waals surface area contributed by atoms with E-state index in [9.17, 15) is 4.79 Å². The molecule has 1 saturated carbocycles. The fourth-order valence-electron chi connectivity index (χ4n) is 3.78. The van der Waals surface area contributed by atoms with Crippen LogP contribution in [0.1, 0.15) is 23.2 Å². The van der Waals surface area contributed by atoms with Gasteiger partial charge in [-0.05, 0) is 37.4 Å². The number of aryl methyl sites for hydroxylation is 1. The molecule has 0 amide bonds. The summed E-state index contributed by atoms with van der Waals surface area (Å²) in [5.41, 5.74) is 1.29. The van der Waals surface area contributed by atoms with E-state index in [0.717, 1.165) is 24.5 Å². The average Bonchev–Trinajstić information content (AvgIpc) is 2.95. The molecule has 8 nitrogen and oxygen atoms in total. The van der Waals surface area contributed by atoms with Crippen molar-refractivity contribution in [3.8, 4) is 0 Å². The van der Waals surface area contributed by atoms with Crippen LogP contribution in [0, 0.1) is 18.8 Å². The molecule has 4 heterocycles. The summed E-state index contributed by atoms with van der Waals surface area (Å²) in [5.74, 6) is 2.89. The largest absolute Gasteiger partial charge is 0.337 e. The van der Waals surface area contributed by atoms with E-state index in [-0.39, 0.29) is 12.1 Å². The number of nitrogens with zero attached hydrogens (tertiary/aromatic N) is 5. The number of pyridine rings is 1. The van der Waals surface area contributed by atoms with Crippen LogP contribution in [-0.2, 0) is 6.54 Å². The molecular weight excluding hydrogens is 308 g/mol. The minimum Gasteiger partial charge on any atom is -0.337 e. The molecule has 1 N–H and O–H groups in total. The van der Waals surface area contributed by atoms with Gasteiger partial charge in [-0.15, -0.1) is 0 Å². The summed E-state index contributed by atoms with van der Waals surface area (Å²) in [6, 6.07) is 0. The highest BCUT2D eigenvalue weighted by Gasteiger charge is 2.55. The van der Waals surface area contributed by atoms with Crippen LogP contribution in [0.3, 0.4) is 0 Å². The molecule has 3 aromatic heterocycles. The molecule has 2 aliphatic rings. The molecule has 1 aliphatic carbocycles. The van der Waals surface area contributed by atoms with Crippen molar-refractivity contribution in [3.63, 3.8) is 0 Å². The van der Waals surface area contributed by atoms with Gasteiger partial charge in [-0.2, -0.15) is 4.98 Å². The summed E-state index contributed by atoms with van der Waals surface area (Å²) in [6.07, 6.45) is 4.77. The van der Waals surface area contributed by atoms with Crippen molar-refractivity contribution < 1.29 is 4.52 Å². The van der Waals surface area contributed by atoms with Crippen LogP contribution < -0.4 is 10.9 Å². The number of nitrogens with one attached hydrogen (secondary N) is 1. The molecule has 0 bridgehead atoms. The van der Waals surface area contributed by atoms with Crippen LogP contribution in [-0.4, -0.2) is 37.8 Å². The van der Waals surface area contributed by atoms with Crippen LogP contribution in [0.25, 0.3) is 10.9 Å². The van der Waals surface area contributed by atoms with E-state index >= 15 is 0 Å². The summed E-state index contributed by atoms with van der Waals surface area (Å²) < 4.78 is 6.85. The lowest BCUT2D eigenvalue weighted by atomic mass is 10.2. The zero-order valence-electron chi connectivity index (χ0n) is 13.1. The van der Waals surface area contributed by atoms with Gasteiger partial charge in [-0.25, -0.2) is 4.98 Å². The fraction of sp³-hybridized carbons (Fsp3) is 0.438. The number of aromatic nitrogens is 5.